The lowest BCUT2D eigenvalue weighted by Gasteiger charge is -2.39. The fraction of sp³-hybridized carbons (Fsp3) is 0.900. The van der Waals surface area contributed by atoms with E-state index in [0.717, 1.165) is 19.4 Å². The zero-order chi connectivity index (χ0) is 10.8. The number of piperidine rings is 1. The maximum Gasteiger partial charge on any atom is 0.234 e. The minimum Gasteiger partial charge on any atom is -0.389 e. The standard InChI is InChI=1S/C10H20N2O2/c1-3-8(9(11)13)12-6-4-5-10(2,14)7-12/h8,14H,3-7H2,1-2H3,(H2,11,13). The fourth-order valence-corrected chi connectivity index (χ4v) is 2.16. The summed E-state index contributed by atoms with van der Waals surface area (Å²) in [5.74, 6) is -0.287. The van der Waals surface area contributed by atoms with Gasteiger partial charge in [0.2, 0.25) is 5.91 Å². The Morgan fingerprint density at radius 1 is 1.71 bits per heavy atom. The number of hydrogen-bond donors (Lipinski definition) is 2. The largest absolute Gasteiger partial charge is 0.389 e. The molecule has 1 amide bonds. The quantitative estimate of drug-likeness (QED) is 0.679. The number of carbonyl (C=O) groups excluding carboxylic acids is 1. The third-order valence-corrected chi connectivity index (χ3v) is 2.86. The number of carbonyl (C=O) groups is 1. The maximum absolute atomic E-state index is 11.1. The lowest BCUT2D eigenvalue weighted by Crippen LogP contribution is -2.53. The Morgan fingerprint density at radius 3 is 2.79 bits per heavy atom. The Kier molecular flexibility index (Phi) is 3.50. The van der Waals surface area contributed by atoms with Crippen LogP contribution in [0.1, 0.15) is 33.1 Å². The van der Waals surface area contributed by atoms with Gasteiger partial charge in [-0.1, -0.05) is 6.92 Å². The van der Waals surface area contributed by atoms with E-state index in [2.05, 4.69) is 0 Å². The summed E-state index contributed by atoms with van der Waals surface area (Å²) < 4.78 is 0. The van der Waals surface area contributed by atoms with Gasteiger partial charge in [-0.05, 0) is 32.7 Å². The van der Waals surface area contributed by atoms with Crippen molar-refractivity contribution in [3.8, 4) is 0 Å². The molecule has 0 aliphatic carbocycles. The number of rotatable bonds is 3. The van der Waals surface area contributed by atoms with E-state index in [1.54, 1.807) is 0 Å². The maximum atomic E-state index is 11.1. The van der Waals surface area contributed by atoms with Crippen molar-refractivity contribution >= 4 is 5.91 Å². The molecule has 1 aliphatic heterocycles. The molecule has 0 aromatic heterocycles. The summed E-state index contributed by atoms with van der Waals surface area (Å²) in [5, 5.41) is 9.88. The van der Waals surface area contributed by atoms with Crippen LogP contribution in [0.2, 0.25) is 0 Å². The molecule has 4 heteroatoms. The molecule has 0 aromatic carbocycles. The van der Waals surface area contributed by atoms with Crippen LogP contribution in [0, 0.1) is 0 Å². The van der Waals surface area contributed by atoms with Crippen LogP contribution < -0.4 is 5.73 Å². The third-order valence-electron chi connectivity index (χ3n) is 2.86. The molecule has 14 heavy (non-hydrogen) atoms. The van der Waals surface area contributed by atoms with Gasteiger partial charge in [0.25, 0.3) is 0 Å². The highest BCUT2D eigenvalue weighted by molar-refractivity contribution is 5.79. The molecule has 82 valence electrons. The van der Waals surface area contributed by atoms with E-state index in [1.165, 1.54) is 0 Å². The first-order valence-corrected chi connectivity index (χ1v) is 5.22. The molecule has 1 rings (SSSR count). The van der Waals surface area contributed by atoms with Crippen LogP contribution in [0.15, 0.2) is 0 Å². The predicted octanol–water partition coefficient (Wildman–Crippen LogP) is 0.0971. The first-order chi connectivity index (χ1) is 6.46. The molecule has 4 nitrogen and oxygen atoms in total. The van der Waals surface area contributed by atoms with Crippen LogP contribution in [0.25, 0.3) is 0 Å². The summed E-state index contributed by atoms with van der Waals surface area (Å²) in [5.41, 5.74) is 4.64. The number of amides is 1. The van der Waals surface area contributed by atoms with Gasteiger partial charge in [0, 0.05) is 6.54 Å². The normalized spacial score (nSPS) is 31.4. The van der Waals surface area contributed by atoms with E-state index in [-0.39, 0.29) is 11.9 Å². The van der Waals surface area contributed by atoms with E-state index in [9.17, 15) is 9.90 Å². The van der Waals surface area contributed by atoms with Gasteiger partial charge in [0.1, 0.15) is 0 Å². The van der Waals surface area contributed by atoms with Crippen molar-refractivity contribution in [2.24, 2.45) is 5.73 Å². The van der Waals surface area contributed by atoms with Crippen molar-refractivity contribution in [3.05, 3.63) is 0 Å². The lowest BCUT2D eigenvalue weighted by atomic mass is 9.93. The summed E-state index contributed by atoms with van der Waals surface area (Å²) in [6, 6.07) is -0.221. The molecule has 1 fully saturated rings. The van der Waals surface area contributed by atoms with Crippen LogP contribution in [0.3, 0.4) is 0 Å². The molecule has 0 aromatic rings. The first kappa shape index (κ1) is 11.5. The zero-order valence-corrected chi connectivity index (χ0v) is 8.99. The number of primary amides is 1. The fourth-order valence-electron chi connectivity index (χ4n) is 2.16. The SMILES string of the molecule is CCC(C(N)=O)N1CCCC(C)(O)C1. The highest BCUT2D eigenvalue weighted by Gasteiger charge is 2.33. The zero-order valence-electron chi connectivity index (χ0n) is 8.99. The average Bonchev–Trinajstić information content (AvgIpc) is 2.02. The topological polar surface area (TPSA) is 66.6 Å². The summed E-state index contributed by atoms with van der Waals surface area (Å²) in [6.45, 7) is 5.16. The molecular formula is C10H20N2O2. The van der Waals surface area contributed by atoms with Crippen molar-refractivity contribution in [2.45, 2.75) is 44.8 Å². The molecule has 0 saturated carbocycles. The monoisotopic (exact) mass is 200 g/mol. The highest BCUT2D eigenvalue weighted by atomic mass is 16.3. The highest BCUT2D eigenvalue weighted by Crippen LogP contribution is 2.22. The van der Waals surface area contributed by atoms with Crippen LogP contribution in [0.5, 0.6) is 0 Å². The van der Waals surface area contributed by atoms with E-state index < -0.39 is 5.60 Å². The molecule has 1 saturated heterocycles. The molecule has 0 spiro atoms. The Labute approximate surface area is 85.1 Å². The smallest absolute Gasteiger partial charge is 0.234 e. The molecule has 1 aliphatic rings. The van der Waals surface area contributed by atoms with Gasteiger partial charge in [0.15, 0.2) is 0 Å². The van der Waals surface area contributed by atoms with E-state index in [1.807, 2.05) is 18.7 Å². The van der Waals surface area contributed by atoms with E-state index >= 15 is 0 Å². The molecule has 0 radical (unpaired) electrons. The van der Waals surface area contributed by atoms with Gasteiger partial charge in [-0.3, -0.25) is 9.69 Å². The molecule has 0 bridgehead atoms. The van der Waals surface area contributed by atoms with Crippen molar-refractivity contribution in [2.75, 3.05) is 13.1 Å². The number of β-amino-alcohol motifs (C(OH)–C–C–N with tert-alkyl or cyclic N) is 1. The van der Waals surface area contributed by atoms with Gasteiger partial charge < -0.3 is 10.8 Å². The number of aliphatic hydroxyl groups is 1. The van der Waals surface area contributed by atoms with Crippen LogP contribution in [-0.2, 0) is 4.79 Å². The Hall–Kier alpha value is -0.610. The molecule has 2 unspecified atom stereocenters. The summed E-state index contributed by atoms with van der Waals surface area (Å²) in [6.07, 6.45) is 2.45. The van der Waals surface area contributed by atoms with E-state index in [0.29, 0.717) is 13.0 Å². The minimum absolute atomic E-state index is 0.221. The van der Waals surface area contributed by atoms with Gasteiger partial charge in [-0.25, -0.2) is 0 Å². The van der Waals surface area contributed by atoms with Gasteiger partial charge in [-0.2, -0.15) is 0 Å². The van der Waals surface area contributed by atoms with E-state index in [4.69, 9.17) is 5.73 Å². The number of hydrogen-bond acceptors (Lipinski definition) is 3. The van der Waals surface area contributed by atoms with Crippen molar-refractivity contribution in [1.29, 1.82) is 0 Å². The second kappa shape index (κ2) is 4.28. The van der Waals surface area contributed by atoms with Crippen molar-refractivity contribution in [1.82, 2.24) is 4.90 Å². The predicted molar refractivity (Wildman–Crippen MR) is 54.7 cm³/mol. The second-order valence-electron chi connectivity index (χ2n) is 4.40. The minimum atomic E-state index is -0.666. The number of likely N-dealkylation sites (tertiary alicyclic amines) is 1. The second-order valence-corrected chi connectivity index (χ2v) is 4.40. The third kappa shape index (κ3) is 2.69. The van der Waals surface area contributed by atoms with Crippen molar-refractivity contribution < 1.29 is 9.90 Å². The van der Waals surface area contributed by atoms with Crippen LogP contribution in [-0.4, -0.2) is 40.6 Å². The van der Waals surface area contributed by atoms with Crippen LogP contribution >= 0.6 is 0 Å². The summed E-state index contributed by atoms with van der Waals surface area (Å²) in [4.78, 5) is 13.1. The lowest BCUT2D eigenvalue weighted by molar-refractivity contribution is -0.126. The Balaban J connectivity index is 2.62. The van der Waals surface area contributed by atoms with Crippen molar-refractivity contribution in [3.63, 3.8) is 0 Å². The Morgan fingerprint density at radius 2 is 2.36 bits per heavy atom. The van der Waals surface area contributed by atoms with Gasteiger partial charge >= 0.3 is 0 Å². The van der Waals surface area contributed by atoms with Gasteiger partial charge in [0.05, 0.1) is 11.6 Å². The molecular weight excluding hydrogens is 180 g/mol. The Bertz CT molecular complexity index is 216. The molecule has 1 heterocycles. The number of nitrogens with zero attached hydrogens (tertiary/aromatic N) is 1. The number of nitrogens with two attached hydrogens (primary N) is 1. The first-order valence-electron chi connectivity index (χ1n) is 5.22. The van der Waals surface area contributed by atoms with Crippen LogP contribution in [0.4, 0.5) is 0 Å². The summed E-state index contributed by atoms with van der Waals surface area (Å²) in [7, 11) is 0. The molecule has 3 N–H and O–H groups in total. The summed E-state index contributed by atoms with van der Waals surface area (Å²) >= 11 is 0. The average molecular weight is 200 g/mol. The molecule has 2 atom stereocenters. The van der Waals surface area contributed by atoms with Gasteiger partial charge in [-0.15, -0.1) is 0 Å².